The van der Waals surface area contributed by atoms with E-state index in [-0.39, 0.29) is 11.9 Å². The Hall–Kier alpha value is -2.15. The first-order chi connectivity index (χ1) is 19.4. The first kappa shape index (κ1) is 32.4. The maximum absolute atomic E-state index is 13.4. The van der Waals surface area contributed by atoms with Crippen LogP contribution in [0.2, 0.25) is 0 Å². The number of nitrogens with zero attached hydrogens (tertiary/aromatic N) is 5. The van der Waals surface area contributed by atoms with Gasteiger partial charge in [-0.05, 0) is 30.7 Å². The van der Waals surface area contributed by atoms with Gasteiger partial charge in [0.2, 0.25) is 11.9 Å². The minimum absolute atomic E-state index is 0.0512. The first-order valence-electron chi connectivity index (χ1n) is 12.7. The fourth-order valence-corrected chi connectivity index (χ4v) is 5.17. The molecule has 0 spiro atoms. The zero-order chi connectivity index (χ0) is 28.9. The van der Waals surface area contributed by atoms with Gasteiger partial charge in [-0.1, -0.05) is 12.2 Å². The van der Waals surface area contributed by atoms with Crippen molar-refractivity contribution >= 4 is 93.0 Å². The van der Waals surface area contributed by atoms with Crippen molar-refractivity contribution in [3.05, 3.63) is 40.8 Å². The third-order valence-corrected chi connectivity index (χ3v) is 7.01. The molecule has 1 amide bonds. The highest BCUT2D eigenvalue weighted by Gasteiger charge is 2.24. The highest BCUT2D eigenvalue weighted by Crippen LogP contribution is 2.18. The number of hydrogen-bond donors (Lipinski definition) is 4. The molecule has 0 aliphatic carbocycles. The van der Waals surface area contributed by atoms with Crippen LogP contribution in [-0.4, -0.2) is 97.9 Å². The number of H-pyrrole nitrogens is 1. The van der Waals surface area contributed by atoms with Crippen LogP contribution in [0.15, 0.2) is 30.5 Å². The second-order valence-corrected chi connectivity index (χ2v) is 10.7. The number of aromatic amines is 1. The fraction of sp³-hybridized carbons (Fsp3) is 0.480. The van der Waals surface area contributed by atoms with E-state index in [1.54, 1.807) is 11.1 Å². The lowest BCUT2D eigenvalue weighted by molar-refractivity contribution is -0.131. The Morgan fingerprint density at radius 3 is 2.20 bits per heavy atom. The molecule has 218 valence electrons. The van der Waals surface area contributed by atoms with Crippen LogP contribution < -0.4 is 16.4 Å². The number of aromatic nitrogens is 4. The summed E-state index contributed by atoms with van der Waals surface area (Å²) in [6, 6.07) is 7.21. The largest absolute Gasteiger partial charge is 0.379 e. The Kier molecular flexibility index (Phi) is 13.7. The highest BCUT2D eigenvalue weighted by molar-refractivity contribution is 7.71. The number of carbonyl (C=O) groups is 1. The second kappa shape index (κ2) is 17.0. The lowest BCUT2D eigenvalue weighted by Gasteiger charge is -2.29. The van der Waals surface area contributed by atoms with Gasteiger partial charge in [-0.2, -0.15) is 0 Å². The summed E-state index contributed by atoms with van der Waals surface area (Å²) < 4.78 is 0.296. The zero-order valence-electron chi connectivity index (χ0n) is 21.9. The van der Waals surface area contributed by atoms with Crippen LogP contribution >= 0.6 is 58.6 Å². The lowest BCUT2D eigenvalue weighted by Crippen LogP contribution is -2.46. The summed E-state index contributed by atoms with van der Waals surface area (Å²) in [5, 5.41) is 6.72. The van der Waals surface area contributed by atoms with Gasteiger partial charge in [-0.3, -0.25) is 4.79 Å². The summed E-state index contributed by atoms with van der Waals surface area (Å²) in [7, 11) is 0. The number of carbonyl (C=O) groups excluding carboxylic acids is 1. The van der Waals surface area contributed by atoms with E-state index in [1.807, 2.05) is 24.3 Å². The number of amides is 1. The average molecular weight is 649 g/mol. The van der Waals surface area contributed by atoms with Crippen LogP contribution in [0.25, 0.3) is 11.2 Å². The van der Waals surface area contributed by atoms with Gasteiger partial charge in [-0.15, -0.1) is 46.4 Å². The van der Waals surface area contributed by atoms with E-state index in [9.17, 15) is 4.79 Å². The number of rotatable bonds is 17. The summed E-state index contributed by atoms with van der Waals surface area (Å²) in [5.74, 6) is 1.79. The van der Waals surface area contributed by atoms with Crippen molar-refractivity contribution in [2.45, 2.75) is 19.0 Å². The molecular weight excluding hydrogens is 616 g/mol. The number of halogens is 4. The third kappa shape index (κ3) is 9.74. The fourth-order valence-electron chi connectivity index (χ4n) is 4.04. The van der Waals surface area contributed by atoms with Crippen LogP contribution in [0.5, 0.6) is 0 Å². The van der Waals surface area contributed by atoms with Crippen molar-refractivity contribution in [1.82, 2.24) is 29.7 Å². The Balaban J connectivity index is 1.68. The topological polar surface area (TPSA) is 128 Å². The van der Waals surface area contributed by atoms with Crippen molar-refractivity contribution in [3.8, 4) is 0 Å². The van der Waals surface area contributed by atoms with Crippen LogP contribution in [0.4, 0.5) is 17.3 Å². The average Bonchev–Trinajstić information content (AvgIpc) is 2.94. The Bertz CT molecular complexity index is 1270. The van der Waals surface area contributed by atoms with Gasteiger partial charge < -0.3 is 31.2 Å². The minimum Gasteiger partial charge on any atom is -0.379 e. The first-order valence-corrected chi connectivity index (χ1v) is 15.3. The summed E-state index contributed by atoms with van der Waals surface area (Å²) >= 11 is 29.1. The van der Waals surface area contributed by atoms with E-state index < -0.39 is 6.04 Å². The molecule has 2 aromatic heterocycles. The molecule has 0 radical (unpaired) electrons. The van der Waals surface area contributed by atoms with E-state index in [0.29, 0.717) is 90.7 Å². The van der Waals surface area contributed by atoms with Gasteiger partial charge in [0.25, 0.3) is 0 Å². The number of alkyl halides is 4. The lowest BCUT2D eigenvalue weighted by atomic mass is 10.1. The molecule has 0 aliphatic heterocycles. The van der Waals surface area contributed by atoms with Crippen molar-refractivity contribution in [1.29, 1.82) is 0 Å². The summed E-state index contributed by atoms with van der Waals surface area (Å²) in [6.45, 7) is 3.33. The van der Waals surface area contributed by atoms with Gasteiger partial charge in [-0.25, -0.2) is 15.0 Å². The van der Waals surface area contributed by atoms with Crippen molar-refractivity contribution in [2.24, 2.45) is 0 Å². The highest BCUT2D eigenvalue weighted by atomic mass is 35.5. The number of hydrogen-bond acceptors (Lipinski definition) is 9. The van der Waals surface area contributed by atoms with E-state index in [0.717, 1.165) is 11.4 Å². The molecule has 0 bridgehead atoms. The molecule has 0 fully saturated rings. The molecule has 2 heterocycles. The van der Waals surface area contributed by atoms with E-state index >= 15 is 0 Å². The van der Waals surface area contributed by atoms with E-state index in [2.05, 4.69) is 35.5 Å². The van der Waals surface area contributed by atoms with Crippen LogP contribution in [0.1, 0.15) is 12.1 Å². The van der Waals surface area contributed by atoms with Crippen LogP contribution in [0.3, 0.4) is 0 Å². The van der Waals surface area contributed by atoms with Gasteiger partial charge in [0, 0.05) is 67.6 Å². The van der Waals surface area contributed by atoms with Gasteiger partial charge in [0.1, 0.15) is 11.6 Å². The summed E-state index contributed by atoms with van der Waals surface area (Å²) in [5.41, 5.74) is 9.05. The van der Waals surface area contributed by atoms with Crippen LogP contribution in [0, 0.1) is 4.64 Å². The standard InChI is InChI=1S/C25H33Cl4N9OS/c26-6-11-37(12-7-27)10-5-20(24(39)38(13-8-28)14-9-29)33-18-3-1-17(2-4-18)31-15-19-16-32-22-21(34-19)23(40)36-25(30)35-22/h1-4,16,20,31,33H,5-15H2,(H3,30,32,35,36,40). The van der Waals surface area contributed by atoms with Gasteiger partial charge in [0.15, 0.2) is 10.3 Å². The molecule has 1 atom stereocenters. The minimum atomic E-state index is -0.474. The third-order valence-electron chi connectivity index (χ3n) is 6.05. The Morgan fingerprint density at radius 2 is 1.57 bits per heavy atom. The van der Waals surface area contributed by atoms with Crippen molar-refractivity contribution in [2.75, 3.05) is 72.6 Å². The number of nitrogens with one attached hydrogen (secondary N) is 3. The maximum Gasteiger partial charge on any atom is 0.245 e. The van der Waals surface area contributed by atoms with E-state index in [4.69, 9.17) is 64.4 Å². The number of benzene rings is 1. The molecule has 0 aliphatic rings. The molecule has 5 N–H and O–H groups in total. The molecule has 1 unspecified atom stereocenters. The smallest absolute Gasteiger partial charge is 0.245 e. The summed E-state index contributed by atoms with van der Waals surface area (Å²) in [4.78, 5) is 33.1. The zero-order valence-corrected chi connectivity index (χ0v) is 25.7. The molecule has 40 heavy (non-hydrogen) atoms. The van der Waals surface area contributed by atoms with Gasteiger partial charge >= 0.3 is 0 Å². The Labute approximate surface area is 258 Å². The molecule has 3 rings (SSSR count). The molecule has 0 saturated carbocycles. The second-order valence-electron chi connectivity index (χ2n) is 8.83. The SMILES string of the molecule is Nc1nc(=S)c2nc(CNc3ccc(NC(CCN(CCCl)CCCl)C(=O)N(CCCl)CCCl)cc3)cnc2[nH]1. The molecule has 3 aromatic rings. The molecule has 0 saturated heterocycles. The predicted molar refractivity (Wildman–Crippen MR) is 169 cm³/mol. The predicted octanol–water partition coefficient (Wildman–Crippen LogP) is 4.53. The van der Waals surface area contributed by atoms with E-state index in [1.165, 1.54) is 0 Å². The molecule has 1 aromatic carbocycles. The monoisotopic (exact) mass is 647 g/mol. The Morgan fingerprint density at radius 1 is 0.950 bits per heavy atom. The summed E-state index contributed by atoms with van der Waals surface area (Å²) in [6.07, 6.45) is 2.22. The molecule has 15 heteroatoms. The molecule has 10 nitrogen and oxygen atoms in total. The van der Waals surface area contributed by atoms with Gasteiger partial charge in [0.05, 0.1) is 18.4 Å². The normalized spacial score (nSPS) is 12.0. The van der Waals surface area contributed by atoms with Crippen LogP contribution in [-0.2, 0) is 11.3 Å². The number of nitrogens with two attached hydrogens (primary N) is 1. The quantitative estimate of drug-likeness (QED) is 0.123. The van der Waals surface area contributed by atoms with Crippen molar-refractivity contribution < 1.29 is 4.79 Å². The number of nitrogen functional groups attached to an aromatic ring is 1. The maximum atomic E-state index is 13.4. The van der Waals surface area contributed by atoms with Crippen molar-refractivity contribution in [3.63, 3.8) is 0 Å². The number of fused-ring (bicyclic) bond motifs is 1. The number of anilines is 3. The molecular formula is C25H33Cl4N9OS.